The van der Waals surface area contributed by atoms with Gasteiger partial charge in [0.25, 0.3) is 0 Å². The molecule has 0 saturated carbocycles. The Kier molecular flexibility index (Phi) is 4.06. The highest BCUT2D eigenvalue weighted by atomic mass is 16.5. The van der Waals surface area contributed by atoms with Crippen LogP contribution < -0.4 is 9.64 Å². The van der Waals surface area contributed by atoms with Crippen LogP contribution in [-0.2, 0) is 0 Å². The third kappa shape index (κ3) is 2.57. The van der Waals surface area contributed by atoms with Gasteiger partial charge in [-0.25, -0.2) is 0 Å². The van der Waals surface area contributed by atoms with Crippen molar-refractivity contribution in [2.45, 2.75) is 12.5 Å². The van der Waals surface area contributed by atoms with Gasteiger partial charge in [-0.2, -0.15) is 5.26 Å². The smallest absolute Gasteiger partial charge is 0.142 e. The number of likely N-dealkylation sites (N-methyl/N-ethyl adjacent to an activating group) is 1. The molecule has 4 heteroatoms. The molecule has 4 nitrogen and oxygen atoms in total. The lowest BCUT2D eigenvalue weighted by Gasteiger charge is -2.24. The van der Waals surface area contributed by atoms with E-state index >= 15 is 0 Å². The maximum absolute atomic E-state index is 8.74. The number of hydrogen-bond donors (Lipinski definition) is 0. The van der Waals surface area contributed by atoms with E-state index in [1.165, 1.54) is 0 Å². The minimum Gasteiger partial charge on any atom is -0.495 e. The van der Waals surface area contributed by atoms with E-state index in [-0.39, 0.29) is 0 Å². The molecule has 0 amide bonds. The fourth-order valence-electron chi connectivity index (χ4n) is 2.45. The number of ether oxygens (including phenoxy) is 1. The number of nitriles is 1. The molecule has 1 fully saturated rings. The maximum atomic E-state index is 8.74. The van der Waals surface area contributed by atoms with E-state index in [0.717, 1.165) is 30.9 Å². The number of rotatable bonds is 4. The fraction of sp³-hybridized carbons (Fsp3) is 0.500. The van der Waals surface area contributed by atoms with Crippen LogP contribution in [0.1, 0.15) is 6.42 Å². The fourth-order valence-corrected chi connectivity index (χ4v) is 2.45. The van der Waals surface area contributed by atoms with E-state index in [4.69, 9.17) is 10.00 Å². The van der Waals surface area contributed by atoms with Crippen LogP contribution in [0.5, 0.6) is 5.75 Å². The minimum atomic E-state index is 0.453. The van der Waals surface area contributed by atoms with Crippen molar-refractivity contribution in [1.29, 1.82) is 5.26 Å². The highest BCUT2D eigenvalue weighted by molar-refractivity contribution is 5.59. The number of nitrogens with zero attached hydrogens (tertiary/aromatic N) is 3. The van der Waals surface area contributed by atoms with Gasteiger partial charge in [0.2, 0.25) is 0 Å². The number of para-hydroxylation sites is 2. The highest BCUT2D eigenvalue weighted by Gasteiger charge is 2.26. The van der Waals surface area contributed by atoms with Crippen molar-refractivity contribution in [3.63, 3.8) is 0 Å². The summed E-state index contributed by atoms with van der Waals surface area (Å²) in [7, 11) is 3.72. The predicted molar refractivity (Wildman–Crippen MR) is 71.9 cm³/mol. The van der Waals surface area contributed by atoms with Gasteiger partial charge >= 0.3 is 0 Å². The van der Waals surface area contributed by atoms with E-state index in [0.29, 0.717) is 12.6 Å². The van der Waals surface area contributed by atoms with Crippen LogP contribution in [0.25, 0.3) is 0 Å². The molecular formula is C14H19N3O. The molecule has 1 atom stereocenters. The summed E-state index contributed by atoms with van der Waals surface area (Å²) in [5.41, 5.74) is 1.15. The SMILES string of the molecule is COc1ccccc1N1CCC(N(C)CC#N)C1. The van der Waals surface area contributed by atoms with E-state index in [9.17, 15) is 0 Å². The zero-order valence-corrected chi connectivity index (χ0v) is 11.0. The summed E-state index contributed by atoms with van der Waals surface area (Å²) >= 11 is 0. The van der Waals surface area contributed by atoms with E-state index in [1.54, 1.807) is 7.11 Å². The summed E-state index contributed by atoms with van der Waals surface area (Å²) in [6.07, 6.45) is 1.09. The molecule has 0 bridgehead atoms. The van der Waals surface area contributed by atoms with Crippen molar-refractivity contribution in [3.05, 3.63) is 24.3 Å². The molecule has 18 heavy (non-hydrogen) atoms. The number of anilines is 1. The van der Waals surface area contributed by atoms with E-state index in [1.807, 2.05) is 25.2 Å². The van der Waals surface area contributed by atoms with Gasteiger partial charge in [-0.05, 0) is 25.6 Å². The third-order valence-corrected chi connectivity index (χ3v) is 3.53. The molecule has 0 aliphatic carbocycles. The van der Waals surface area contributed by atoms with Crippen molar-refractivity contribution in [2.24, 2.45) is 0 Å². The number of benzene rings is 1. The second-order valence-corrected chi connectivity index (χ2v) is 4.63. The Morgan fingerprint density at radius 3 is 3.00 bits per heavy atom. The van der Waals surface area contributed by atoms with Crippen LogP contribution in [-0.4, -0.2) is 44.7 Å². The Morgan fingerprint density at radius 2 is 2.28 bits per heavy atom. The lowest BCUT2D eigenvalue weighted by Crippen LogP contribution is -2.34. The van der Waals surface area contributed by atoms with Crippen molar-refractivity contribution in [3.8, 4) is 11.8 Å². The zero-order valence-electron chi connectivity index (χ0n) is 11.0. The first kappa shape index (κ1) is 12.7. The second kappa shape index (κ2) is 5.74. The molecule has 0 radical (unpaired) electrons. The lowest BCUT2D eigenvalue weighted by atomic mass is 10.2. The molecule has 1 saturated heterocycles. The van der Waals surface area contributed by atoms with Crippen LogP contribution >= 0.6 is 0 Å². The summed E-state index contributed by atoms with van der Waals surface area (Å²) in [5, 5.41) is 8.74. The molecule has 1 aromatic carbocycles. The number of methoxy groups -OCH3 is 1. The zero-order chi connectivity index (χ0) is 13.0. The first-order valence-corrected chi connectivity index (χ1v) is 6.21. The van der Waals surface area contributed by atoms with Gasteiger partial charge in [-0.15, -0.1) is 0 Å². The first-order valence-electron chi connectivity index (χ1n) is 6.21. The van der Waals surface area contributed by atoms with Gasteiger partial charge in [-0.1, -0.05) is 12.1 Å². The molecule has 1 aliphatic heterocycles. The van der Waals surface area contributed by atoms with Gasteiger partial charge in [0.05, 0.1) is 25.4 Å². The Hall–Kier alpha value is -1.73. The van der Waals surface area contributed by atoms with Gasteiger partial charge in [-0.3, -0.25) is 4.90 Å². The molecule has 96 valence electrons. The highest BCUT2D eigenvalue weighted by Crippen LogP contribution is 2.31. The summed E-state index contributed by atoms with van der Waals surface area (Å²) in [6.45, 7) is 2.46. The molecule has 2 rings (SSSR count). The third-order valence-electron chi connectivity index (χ3n) is 3.53. The monoisotopic (exact) mass is 245 g/mol. The van der Waals surface area contributed by atoms with Crippen molar-refractivity contribution in [1.82, 2.24) is 4.90 Å². The molecule has 0 aromatic heterocycles. The number of hydrogen-bond acceptors (Lipinski definition) is 4. The maximum Gasteiger partial charge on any atom is 0.142 e. The molecular weight excluding hydrogens is 226 g/mol. The molecule has 1 heterocycles. The summed E-state index contributed by atoms with van der Waals surface area (Å²) < 4.78 is 5.39. The van der Waals surface area contributed by atoms with Gasteiger partial charge < -0.3 is 9.64 Å². The Bertz CT molecular complexity index is 441. The topological polar surface area (TPSA) is 39.5 Å². The van der Waals surface area contributed by atoms with Gasteiger partial charge in [0, 0.05) is 19.1 Å². The summed E-state index contributed by atoms with van der Waals surface area (Å²) in [4.78, 5) is 4.45. The largest absolute Gasteiger partial charge is 0.495 e. The minimum absolute atomic E-state index is 0.453. The summed E-state index contributed by atoms with van der Waals surface area (Å²) in [5.74, 6) is 0.918. The first-order chi connectivity index (χ1) is 8.76. The van der Waals surface area contributed by atoms with Crippen LogP contribution in [0.4, 0.5) is 5.69 Å². The van der Waals surface area contributed by atoms with Crippen molar-refractivity contribution < 1.29 is 4.74 Å². The van der Waals surface area contributed by atoms with Crippen molar-refractivity contribution >= 4 is 5.69 Å². The van der Waals surface area contributed by atoms with E-state index < -0.39 is 0 Å². The average Bonchev–Trinajstić information content (AvgIpc) is 2.88. The van der Waals surface area contributed by atoms with Crippen LogP contribution in [0.15, 0.2) is 24.3 Å². The van der Waals surface area contributed by atoms with Gasteiger partial charge in [0.15, 0.2) is 0 Å². The van der Waals surface area contributed by atoms with Crippen LogP contribution in [0, 0.1) is 11.3 Å². The molecule has 1 unspecified atom stereocenters. The molecule has 1 aromatic rings. The molecule has 1 aliphatic rings. The Balaban J connectivity index is 2.07. The molecule has 0 N–H and O–H groups in total. The quantitative estimate of drug-likeness (QED) is 0.757. The van der Waals surface area contributed by atoms with Crippen molar-refractivity contribution in [2.75, 3.05) is 38.7 Å². The normalized spacial score (nSPS) is 19.0. The molecule has 0 spiro atoms. The summed E-state index contributed by atoms with van der Waals surface area (Å²) in [6, 6.07) is 10.7. The Labute approximate surface area is 108 Å². The Morgan fingerprint density at radius 1 is 1.50 bits per heavy atom. The van der Waals surface area contributed by atoms with Crippen LogP contribution in [0.3, 0.4) is 0 Å². The van der Waals surface area contributed by atoms with E-state index in [2.05, 4.69) is 21.9 Å². The van der Waals surface area contributed by atoms with Gasteiger partial charge in [0.1, 0.15) is 5.75 Å². The van der Waals surface area contributed by atoms with Crippen LogP contribution in [0.2, 0.25) is 0 Å². The predicted octanol–water partition coefficient (Wildman–Crippen LogP) is 1.73. The lowest BCUT2D eigenvalue weighted by molar-refractivity contribution is 0.288. The standard InChI is InChI=1S/C14H19N3O/c1-16(10-8-15)12-7-9-17(11-12)13-5-3-4-6-14(13)18-2/h3-6,12H,7,9-11H2,1-2H3. The second-order valence-electron chi connectivity index (χ2n) is 4.63. The average molecular weight is 245 g/mol.